The minimum Gasteiger partial charge on any atom is -0.456 e. The van der Waals surface area contributed by atoms with Crippen LogP contribution in [0.3, 0.4) is 0 Å². The molecule has 1 rings (SSSR count). The van der Waals surface area contributed by atoms with Crippen molar-refractivity contribution in [2.75, 3.05) is 6.61 Å². The number of nitrogens with one attached hydrogen (secondary N) is 1. The van der Waals surface area contributed by atoms with Gasteiger partial charge in [0.15, 0.2) is 18.5 Å². The maximum Gasteiger partial charge on any atom is 0.303 e. The Morgan fingerprint density at radius 1 is 1.10 bits per heavy atom. The lowest BCUT2D eigenvalue weighted by Gasteiger charge is -2.43. The first-order valence-electron chi connectivity index (χ1n) is 6.32. The van der Waals surface area contributed by atoms with Crippen LogP contribution in [0.2, 0.25) is 0 Å². The van der Waals surface area contributed by atoms with Gasteiger partial charge in [-0.1, -0.05) is 0 Å². The number of aliphatic hydroxyl groups excluding tert-OH is 2. The fraction of sp³-hybridized carbons (Fsp3) is 0.750. The number of hydrogen-bond donors (Lipinski definition) is 3. The van der Waals surface area contributed by atoms with Gasteiger partial charge in [-0.05, 0) is 0 Å². The van der Waals surface area contributed by atoms with Crippen LogP contribution in [-0.4, -0.2) is 65.3 Å². The summed E-state index contributed by atoms with van der Waals surface area (Å²) in [5.74, 6) is -1.88. The summed E-state index contributed by atoms with van der Waals surface area (Å²) >= 11 is 0. The van der Waals surface area contributed by atoms with E-state index in [1.165, 1.54) is 6.92 Å². The number of carbonyl (C=O) groups excluding carboxylic acids is 3. The lowest BCUT2D eigenvalue weighted by atomic mass is 9.96. The molecule has 3 N–H and O–H groups in total. The summed E-state index contributed by atoms with van der Waals surface area (Å²) < 4.78 is 15.1. The molecule has 1 fully saturated rings. The van der Waals surface area contributed by atoms with E-state index in [1.54, 1.807) is 0 Å². The molecule has 5 unspecified atom stereocenters. The maximum absolute atomic E-state index is 11.2. The van der Waals surface area contributed by atoms with Crippen molar-refractivity contribution in [2.45, 2.75) is 51.4 Å². The first-order valence-corrected chi connectivity index (χ1v) is 6.32. The Kier molecular flexibility index (Phi) is 6.06. The van der Waals surface area contributed by atoms with Gasteiger partial charge >= 0.3 is 11.9 Å². The van der Waals surface area contributed by atoms with Gasteiger partial charge in [0.1, 0.15) is 12.1 Å². The van der Waals surface area contributed by atoms with Crippen molar-refractivity contribution in [1.29, 1.82) is 0 Å². The van der Waals surface area contributed by atoms with E-state index in [1.807, 2.05) is 0 Å². The van der Waals surface area contributed by atoms with Gasteiger partial charge in [-0.2, -0.15) is 0 Å². The molecule has 0 aromatic rings. The highest BCUT2D eigenvalue weighted by Crippen LogP contribution is 2.25. The van der Waals surface area contributed by atoms with Crippen LogP contribution in [0.25, 0.3) is 0 Å². The van der Waals surface area contributed by atoms with Crippen molar-refractivity contribution in [3.05, 3.63) is 0 Å². The van der Waals surface area contributed by atoms with E-state index in [4.69, 9.17) is 14.2 Å². The molecule has 0 radical (unpaired) electrons. The van der Waals surface area contributed by atoms with E-state index in [-0.39, 0.29) is 0 Å². The van der Waals surface area contributed by atoms with Crippen molar-refractivity contribution in [1.82, 2.24) is 5.32 Å². The molecule has 1 amide bonds. The summed E-state index contributed by atoms with van der Waals surface area (Å²) in [5.41, 5.74) is 0. The SMILES string of the molecule is CC(=O)NC1C(O)OC(CO)C(OC(C)=O)C1OC(C)=O. The van der Waals surface area contributed by atoms with E-state index in [9.17, 15) is 24.6 Å². The number of aliphatic hydroxyl groups is 2. The molecule has 1 saturated heterocycles. The molecule has 0 saturated carbocycles. The second kappa shape index (κ2) is 7.34. The van der Waals surface area contributed by atoms with Crippen LogP contribution < -0.4 is 5.32 Å². The quantitative estimate of drug-likeness (QED) is 0.511. The van der Waals surface area contributed by atoms with E-state index in [0.29, 0.717) is 0 Å². The third-order valence-corrected chi connectivity index (χ3v) is 2.82. The first kappa shape index (κ1) is 17.3. The fourth-order valence-corrected chi connectivity index (χ4v) is 2.12. The Labute approximate surface area is 121 Å². The average Bonchev–Trinajstić information content (AvgIpc) is 2.35. The summed E-state index contributed by atoms with van der Waals surface area (Å²) in [6.45, 7) is 2.90. The topological polar surface area (TPSA) is 131 Å². The summed E-state index contributed by atoms with van der Waals surface area (Å²) in [4.78, 5) is 33.6. The standard InChI is InChI=1S/C12H19NO8/c1-5(15)13-9-11(20-7(3)17)10(19-6(2)16)8(4-14)21-12(9)18/h8-12,14,18H,4H2,1-3H3,(H,13,15). The molecule has 5 atom stereocenters. The number of carbonyl (C=O) groups is 3. The normalized spacial score (nSPS) is 32.1. The zero-order valence-corrected chi connectivity index (χ0v) is 11.9. The fourth-order valence-electron chi connectivity index (χ4n) is 2.12. The molecule has 1 aliphatic heterocycles. The van der Waals surface area contributed by atoms with Crippen LogP contribution in [0.15, 0.2) is 0 Å². The molecule has 0 aromatic carbocycles. The van der Waals surface area contributed by atoms with Gasteiger partial charge in [0.25, 0.3) is 0 Å². The lowest BCUT2D eigenvalue weighted by Crippen LogP contribution is -2.65. The molecule has 1 aliphatic rings. The molecule has 1 heterocycles. The van der Waals surface area contributed by atoms with Crippen molar-refractivity contribution < 1.29 is 38.8 Å². The smallest absolute Gasteiger partial charge is 0.303 e. The summed E-state index contributed by atoms with van der Waals surface area (Å²) in [6.07, 6.45) is -4.95. The van der Waals surface area contributed by atoms with Crippen molar-refractivity contribution in [2.24, 2.45) is 0 Å². The molecular formula is C12H19NO8. The summed E-state index contributed by atoms with van der Waals surface area (Å²) in [5, 5.41) is 21.5. The highest BCUT2D eigenvalue weighted by Gasteiger charge is 2.49. The third kappa shape index (κ3) is 4.66. The van der Waals surface area contributed by atoms with Crippen LogP contribution in [0, 0.1) is 0 Å². The number of rotatable bonds is 4. The first-order chi connectivity index (χ1) is 9.76. The van der Waals surface area contributed by atoms with Crippen LogP contribution in [0.4, 0.5) is 0 Å². The van der Waals surface area contributed by atoms with Gasteiger partial charge in [-0.15, -0.1) is 0 Å². The van der Waals surface area contributed by atoms with Crippen LogP contribution >= 0.6 is 0 Å². The van der Waals surface area contributed by atoms with Crippen LogP contribution in [0.1, 0.15) is 20.8 Å². The van der Waals surface area contributed by atoms with Gasteiger partial charge in [0.05, 0.1) is 6.61 Å². The molecule has 9 heteroatoms. The summed E-state index contributed by atoms with van der Waals surface area (Å²) in [7, 11) is 0. The number of hydrogen-bond acceptors (Lipinski definition) is 8. The monoisotopic (exact) mass is 305 g/mol. The second-order valence-corrected chi connectivity index (χ2v) is 4.62. The van der Waals surface area contributed by atoms with Gasteiger partial charge in [0, 0.05) is 20.8 Å². The molecule has 21 heavy (non-hydrogen) atoms. The molecule has 0 spiro atoms. The zero-order chi connectivity index (χ0) is 16.2. The Balaban J connectivity index is 3.08. The maximum atomic E-state index is 11.2. The molecule has 0 aromatic heterocycles. The number of amides is 1. The molecule has 9 nitrogen and oxygen atoms in total. The largest absolute Gasteiger partial charge is 0.456 e. The lowest BCUT2D eigenvalue weighted by molar-refractivity contribution is -0.263. The van der Waals surface area contributed by atoms with Crippen LogP contribution in [0.5, 0.6) is 0 Å². The Morgan fingerprint density at radius 3 is 2.05 bits per heavy atom. The van der Waals surface area contributed by atoms with Crippen molar-refractivity contribution >= 4 is 17.8 Å². The molecular weight excluding hydrogens is 286 g/mol. The Bertz CT molecular complexity index is 412. The predicted molar refractivity (Wildman–Crippen MR) is 66.7 cm³/mol. The minimum absolute atomic E-state index is 0.496. The highest BCUT2D eigenvalue weighted by atomic mass is 16.7. The Morgan fingerprint density at radius 2 is 1.62 bits per heavy atom. The number of esters is 2. The third-order valence-electron chi connectivity index (χ3n) is 2.82. The molecule has 0 aliphatic carbocycles. The van der Waals surface area contributed by atoms with E-state index in [0.717, 1.165) is 13.8 Å². The van der Waals surface area contributed by atoms with E-state index in [2.05, 4.69) is 5.32 Å². The van der Waals surface area contributed by atoms with E-state index < -0.39 is 55.1 Å². The van der Waals surface area contributed by atoms with Crippen LogP contribution in [-0.2, 0) is 28.6 Å². The molecule has 120 valence electrons. The predicted octanol–water partition coefficient (Wildman–Crippen LogP) is -1.94. The second-order valence-electron chi connectivity index (χ2n) is 4.62. The number of ether oxygens (including phenoxy) is 3. The van der Waals surface area contributed by atoms with Crippen molar-refractivity contribution in [3.63, 3.8) is 0 Å². The van der Waals surface area contributed by atoms with Gasteiger partial charge in [-0.25, -0.2) is 0 Å². The highest BCUT2D eigenvalue weighted by molar-refractivity contribution is 5.73. The minimum atomic E-state index is -1.53. The van der Waals surface area contributed by atoms with Gasteiger partial charge in [-0.3, -0.25) is 14.4 Å². The zero-order valence-electron chi connectivity index (χ0n) is 11.9. The van der Waals surface area contributed by atoms with Gasteiger partial charge < -0.3 is 29.7 Å². The van der Waals surface area contributed by atoms with Crippen molar-refractivity contribution in [3.8, 4) is 0 Å². The van der Waals surface area contributed by atoms with E-state index >= 15 is 0 Å². The summed E-state index contributed by atoms with van der Waals surface area (Å²) in [6, 6.07) is -1.13. The average molecular weight is 305 g/mol. The molecule has 0 bridgehead atoms. The van der Waals surface area contributed by atoms with Gasteiger partial charge in [0.2, 0.25) is 5.91 Å². The Hall–Kier alpha value is -1.71.